The highest BCUT2D eigenvalue weighted by Gasteiger charge is 2.25. The minimum absolute atomic E-state index is 0.0328. The summed E-state index contributed by atoms with van der Waals surface area (Å²) in [7, 11) is 2.10. The number of hydrogen-bond acceptors (Lipinski definition) is 4. The molecule has 1 aliphatic heterocycles. The molecule has 0 aromatic carbocycles. The van der Waals surface area contributed by atoms with Gasteiger partial charge in [0.1, 0.15) is 0 Å². The van der Waals surface area contributed by atoms with E-state index < -0.39 is 5.54 Å². The average molecular weight is 230 g/mol. The second-order valence-corrected chi connectivity index (χ2v) is 5.44. The van der Waals surface area contributed by atoms with Crippen molar-refractivity contribution in [1.82, 2.24) is 4.90 Å². The van der Waals surface area contributed by atoms with Gasteiger partial charge in [0.15, 0.2) is 0 Å². The van der Waals surface area contributed by atoms with Crippen LogP contribution in [0.1, 0.15) is 33.1 Å². The molecule has 3 N–H and O–H groups in total. The SMILES string of the molecule is CC(CC(C)(N)CO)N(C)CC1CCCO1. The van der Waals surface area contributed by atoms with Crippen LogP contribution in [0.4, 0.5) is 0 Å². The van der Waals surface area contributed by atoms with Gasteiger partial charge in [-0.1, -0.05) is 0 Å². The van der Waals surface area contributed by atoms with E-state index in [0.717, 1.165) is 26.0 Å². The predicted octanol–water partition coefficient (Wildman–Crippen LogP) is 0.586. The summed E-state index contributed by atoms with van der Waals surface area (Å²) in [6, 6.07) is 0.367. The van der Waals surface area contributed by atoms with Crippen molar-refractivity contribution in [3.63, 3.8) is 0 Å². The fraction of sp³-hybridized carbons (Fsp3) is 1.00. The molecular formula is C12H26N2O2. The van der Waals surface area contributed by atoms with Gasteiger partial charge in [-0.05, 0) is 40.2 Å². The van der Waals surface area contributed by atoms with E-state index in [1.807, 2.05) is 6.92 Å². The Hall–Kier alpha value is -0.160. The van der Waals surface area contributed by atoms with Crippen LogP contribution in [-0.4, -0.2) is 54.5 Å². The number of rotatable bonds is 6. The lowest BCUT2D eigenvalue weighted by Crippen LogP contribution is -2.47. The first-order chi connectivity index (χ1) is 7.44. The standard InChI is InChI=1S/C12H26N2O2/c1-10(7-12(2,13)9-15)14(3)8-11-5-4-6-16-11/h10-11,15H,4-9,13H2,1-3H3. The molecule has 4 nitrogen and oxygen atoms in total. The van der Waals surface area contributed by atoms with Crippen LogP contribution in [0.3, 0.4) is 0 Å². The van der Waals surface area contributed by atoms with Crippen molar-refractivity contribution in [2.75, 3.05) is 26.8 Å². The van der Waals surface area contributed by atoms with Gasteiger partial charge in [-0.15, -0.1) is 0 Å². The first-order valence-electron chi connectivity index (χ1n) is 6.16. The molecular weight excluding hydrogens is 204 g/mol. The number of hydrogen-bond donors (Lipinski definition) is 2. The number of aliphatic hydroxyl groups is 1. The minimum Gasteiger partial charge on any atom is -0.394 e. The highest BCUT2D eigenvalue weighted by Crippen LogP contribution is 2.17. The Labute approximate surface area is 98.8 Å². The molecule has 0 aliphatic carbocycles. The monoisotopic (exact) mass is 230 g/mol. The first-order valence-corrected chi connectivity index (χ1v) is 6.16. The summed E-state index contributed by atoms with van der Waals surface area (Å²) in [5.41, 5.74) is 5.47. The van der Waals surface area contributed by atoms with Gasteiger partial charge in [-0.3, -0.25) is 0 Å². The first kappa shape index (κ1) is 13.9. The molecule has 0 aromatic rings. The van der Waals surface area contributed by atoms with Crippen LogP contribution in [0.25, 0.3) is 0 Å². The van der Waals surface area contributed by atoms with Crippen LogP contribution in [-0.2, 0) is 4.74 Å². The fourth-order valence-corrected chi connectivity index (χ4v) is 2.18. The Morgan fingerprint density at radius 3 is 2.81 bits per heavy atom. The molecule has 0 aromatic heterocycles. The van der Waals surface area contributed by atoms with Crippen molar-refractivity contribution in [3.8, 4) is 0 Å². The van der Waals surface area contributed by atoms with Crippen LogP contribution in [0.5, 0.6) is 0 Å². The topological polar surface area (TPSA) is 58.7 Å². The molecule has 0 saturated carbocycles. The molecule has 0 bridgehead atoms. The predicted molar refractivity (Wildman–Crippen MR) is 65.4 cm³/mol. The van der Waals surface area contributed by atoms with Crippen LogP contribution < -0.4 is 5.73 Å². The molecule has 0 spiro atoms. The van der Waals surface area contributed by atoms with E-state index in [0.29, 0.717) is 12.1 Å². The average Bonchev–Trinajstić information content (AvgIpc) is 2.69. The van der Waals surface area contributed by atoms with Crippen molar-refractivity contribution in [2.45, 2.75) is 50.8 Å². The maximum atomic E-state index is 9.14. The normalized spacial score (nSPS) is 27.0. The highest BCUT2D eigenvalue weighted by molar-refractivity contribution is 4.83. The quantitative estimate of drug-likeness (QED) is 0.701. The zero-order valence-corrected chi connectivity index (χ0v) is 10.8. The molecule has 16 heavy (non-hydrogen) atoms. The van der Waals surface area contributed by atoms with Gasteiger partial charge in [-0.2, -0.15) is 0 Å². The fourth-order valence-electron chi connectivity index (χ4n) is 2.18. The number of likely N-dealkylation sites (N-methyl/N-ethyl adjacent to an activating group) is 1. The summed E-state index contributed by atoms with van der Waals surface area (Å²) in [5, 5.41) is 9.14. The van der Waals surface area contributed by atoms with Gasteiger partial charge in [-0.25, -0.2) is 0 Å². The van der Waals surface area contributed by atoms with Crippen molar-refractivity contribution in [2.24, 2.45) is 5.73 Å². The van der Waals surface area contributed by atoms with Gasteiger partial charge >= 0.3 is 0 Å². The molecule has 0 amide bonds. The molecule has 1 aliphatic rings. The third kappa shape index (κ3) is 4.37. The molecule has 3 atom stereocenters. The van der Waals surface area contributed by atoms with Crippen molar-refractivity contribution >= 4 is 0 Å². The van der Waals surface area contributed by atoms with Crippen LogP contribution in [0, 0.1) is 0 Å². The minimum atomic E-state index is -0.482. The zero-order chi connectivity index (χ0) is 12.2. The molecule has 0 radical (unpaired) electrons. The summed E-state index contributed by atoms with van der Waals surface area (Å²) in [4.78, 5) is 2.27. The molecule has 1 heterocycles. The second-order valence-electron chi connectivity index (χ2n) is 5.44. The van der Waals surface area contributed by atoms with E-state index in [9.17, 15) is 0 Å². The summed E-state index contributed by atoms with van der Waals surface area (Å²) < 4.78 is 5.61. The van der Waals surface area contributed by atoms with Crippen LogP contribution >= 0.6 is 0 Å². The van der Waals surface area contributed by atoms with Crippen molar-refractivity contribution in [1.29, 1.82) is 0 Å². The van der Waals surface area contributed by atoms with Gasteiger partial charge in [0.05, 0.1) is 12.7 Å². The highest BCUT2D eigenvalue weighted by atomic mass is 16.5. The number of nitrogens with two attached hydrogens (primary N) is 1. The van der Waals surface area contributed by atoms with Crippen LogP contribution in [0.15, 0.2) is 0 Å². The number of aliphatic hydroxyl groups excluding tert-OH is 1. The summed E-state index contributed by atoms with van der Waals surface area (Å²) >= 11 is 0. The lowest BCUT2D eigenvalue weighted by molar-refractivity contribution is 0.0624. The van der Waals surface area contributed by atoms with Gasteiger partial charge in [0.2, 0.25) is 0 Å². The van der Waals surface area contributed by atoms with E-state index in [2.05, 4.69) is 18.9 Å². The lowest BCUT2D eigenvalue weighted by Gasteiger charge is -2.32. The molecule has 4 heteroatoms. The van der Waals surface area contributed by atoms with E-state index in [1.54, 1.807) is 0 Å². The Morgan fingerprint density at radius 1 is 1.62 bits per heavy atom. The smallest absolute Gasteiger partial charge is 0.0702 e. The summed E-state index contributed by atoms with van der Waals surface area (Å²) in [6.07, 6.45) is 3.52. The summed E-state index contributed by atoms with van der Waals surface area (Å²) in [5.74, 6) is 0. The molecule has 3 unspecified atom stereocenters. The van der Waals surface area contributed by atoms with E-state index in [4.69, 9.17) is 15.6 Å². The Morgan fingerprint density at radius 2 is 2.31 bits per heavy atom. The maximum absolute atomic E-state index is 9.14. The largest absolute Gasteiger partial charge is 0.394 e. The maximum Gasteiger partial charge on any atom is 0.0702 e. The lowest BCUT2D eigenvalue weighted by atomic mass is 9.95. The van der Waals surface area contributed by atoms with Gasteiger partial charge < -0.3 is 20.5 Å². The summed E-state index contributed by atoms with van der Waals surface area (Å²) in [6.45, 7) is 5.94. The van der Waals surface area contributed by atoms with Crippen molar-refractivity contribution in [3.05, 3.63) is 0 Å². The van der Waals surface area contributed by atoms with Gasteiger partial charge in [0, 0.05) is 24.7 Å². The number of ether oxygens (including phenoxy) is 1. The van der Waals surface area contributed by atoms with Crippen LogP contribution in [0.2, 0.25) is 0 Å². The third-order valence-corrected chi connectivity index (χ3v) is 3.39. The third-order valence-electron chi connectivity index (χ3n) is 3.39. The molecule has 1 rings (SSSR count). The number of nitrogens with zero attached hydrogens (tertiary/aromatic N) is 1. The van der Waals surface area contributed by atoms with E-state index in [1.165, 1.54) is 6.42 Å². The second kappa shape index (κ2) is 5.96. The Kier molecular flexibility index (Phi) is 5.18. The van der Waals surface area contributed by atoms with E-state index in [-0.39, 0.29) is 6.61 Å². The molecule has 1 fully saturated rings. The molecule has 1 saturated heterocycles. The Balaban J connectivity index is 2.31. The van der Waals surface area contributed by atoms with Gasteiger partial charge in [0.25, 0.3) is 0 Å². The van der Waals surface area contributed by atoms with Crippen molar-refractivity contribution < 1.29 is 9.84 Å². The molecule has 96 valence electrons. The zero-order valence-electron chi connectivity index (χ0n) is 10.8. The van der Waals surface area contributed by atoms with E-state index >= 15 is 0 Å². The Bertz CT molecular complexity index is 203.